The molecule has 2 aromatic heterocycles. The van der Waals surface area contributed by atoms with Crippen molar-refractivity contribution in [2.45, 2.75) is 0 Å². The number of rotatable bonds is 0. The summed E-state index contributed by atoms with van der Waals surface area (Å²) in [5.74, 6) is 0.426. The topological polar surface area (TPSA) is 64.7 Å². The van der Waals surface area contributed by atoms with Crippen LogP contribution in [0.4, 0.5) is 5.82 Å². The Balaban J connectivity index is 2.91. The number of anilines is 1. The molecule has 0 bridgehead atoms. The number of fused-ring (bicyclic) bond motifs is 1. The van der Waals surface area contributed by atoms with E-state index in [0.29, 0.717) is 5.82 Å². The van der Waals surface area contributed by atoms with Crippen LogP contribution in [0.3, 0.4) is 0 Å². The first kappa shape index (κ1) is 6.03. The van der Waals surface area contributed by atoms with Gasteiger partial charge in [-0.2, -0.15) is 5.10 Å². The first-order chi connectivity index (χ1) is 5.38. The van der Waals surface area contributed by atoms with Gasteiger partial charge in [0.2, 0.25) is 0 Å². The summed E-state index contributed by atoms with van der Waals surface area (Å²) in [6, 6.07) is 1.85. The normalized spacial score (nSPS) is 10.2. The maximum absolute atomic E-state index is 5.54. The maximum Gasteiger partial charge on any atom is 0.155 e. The van der Waals surface area contributed by atoms with E-state index in [4.69, 9.17) is 5.73 Å². The highest BCUT2D eigenvalue weighted by atomic mass is 15.1. The fraction of sp³-hybridized carbons (Fsp3) is 0. The summed E-state index contributed by atoms with van der Waals surface area (Å²) in [7, 11) is 0. The van der Waals surface area contributed by atoms with Crippen LogP contribution in [-0.2, 0) is 0 Å². The lowest BCUT2D eigenvalue weighted by atomic mass is 10.2. The van der Waals surface area contributed by atoms with Gasteiger partial charge in [0.05, 0.1) is 6.20 Å². The van der Waals surface area contributed by atoms with Crippen LogP contribution >= 0.6 is 0 Å². The van der Waals surface area contributed by atoms with E-state index >= 15 is 0 Å². The lowest BCUT2D eigenvalue weighted by molar-refractivity contribution is 1.06. The third-order valence-corrected chi connectivity index (χ3v) is 1.49. The number of nitrogen functional groups attached to an aromatic ring is 1. The molecule has 0 aliphatic carbocycles. The van der Waals surface area contributed by atoms with Crippen LogP contribution in [0.1, 0.15) is 0 Å². The smallest absolute Gasteiger partial charge is 0.155 e. The number of hydrogen-bond acceptors (Lipinski definition) is 4. The van der Waals surface area contributed by atoms with Crippen molar-refractivity contribution in [3.05, 3.63) is 24.7 Å². The van der Waals surface area contributed by atoms with Gasteiger partial charge in [0.15, 0.2) is 5.82 Å². The summed E-state index contributed by atoms with van der Waals surface area (Å²) in [5.41, 5.74) is 5.54. The molecule has 4 nitrogen and oxygen atoms in total. The van der Waals surface area contributed by atoms with Gasteiger partial charge in [-0.3, -0.25) is 4.98 Å². The van der Waals surface area contributed by atoms with Gasteiger partial charge in [0, 0.05) is 23.2 Å². The Morgan fingerprint density at radius 1 is 1.27 bits per heavy atom. The van der Waals surface area contributed by atoms with E-state index in [1.807, 2.05) is 6.07 Å². The van der Waals surface area contributed by atoms with Gasteiger partial charge in [0.1, 0.15) is 0 Å². The van der Waals surface area contributed by atoms with Crippen molar-refractivity contribution in [2.24, 2.45) is 0 Å². The summed E-state index contributed by atoms with van der Waals surface area (Å²) < 4.78 is 0. The Morgan fingerprint density at radius 2 is 2.18 bits per heavy atom. The van der Waals surface area contributed by atoms with Gasteiger partial charge in [-0.05, 0) is 6.07 Å². The van der Waals surface area contributed by atoms with Crippen LogP contribution in [0.25, 0.3) is 10.8 Å². The Morgan fingerprint density at radius 3 is 3.00 bits per heavy atom. The summed E-state index contributed by atoms with van der Waals surface area (Å²) in [6.07, 6.45) is 5.04. The van der Waals surface area contributed by atoms with Gasteiger partial charge in [-0.15, -0.1) is 5.10 Å². The summed E-state index contributed by atoms with van der Waals surface area (Å²) in [5, 5.41) is 9.22. The lowest BCUT2D eigenvalue weighted by Gasteiger charge is -1.95. The SMILES string of the molecule is Nc1nncc2ccncc12. The first-order valence-electron chi connectivity index (χ1n) is 3.19. The Kier molecular flexibility index (Phi) is 1.18. The van der Waals surface area contributed by atoms with E-state index in [1.54, 1.807) is 18.6 Å². The third kappa shape index (κ3) is 0.881. The van der Waals surface area contributed by atoms with Gasteiger partial charge >= 0.3 is 0 Å². The first-order valence-corrected chi connectivity index (χ1v) is 3.19. The fourth-order valence-corrected chi connectivity index (χ4v) is 0.939. The molecule has 0 aliphatic rings. The van der Waals surface area contributed by atoms with Crippen molar-refractivity contribution in [1.82, 2.24) is 15.2 Å². The van der Waals surface area contributed by atoms with Crippen LogP contribution in [0.15, 0.2) is 24.7 Å². The molecule has 2 heterocycles. The average Bonchev–Trinajstić information content (AvgIpc) is 2.06. The zero-order valence-electron chi connectivity index (χ0n) is 5.73. The molecule has 0 fully saturated rings. The molecular formula is C7H6N4. The molecule has 11 heavy (non-hydrogen) atoms. The van der Waals surface area contributed by atoms with Crippen molar-refractivity contribution in [3.8, 4) is 0 Å². The minimum Gasteiger partial charge on any atom is -0.382 e. The summed E-state index contributed by atoms with van der Waals surface area (Å²) >= 11 is 0. The molecule has 54 valence electrons. The van der Waals surface area contributed by atoms with Gasteiger partial charge < -0.3 is 5.73 Å². The van der Waals surface area contributed by atoms with E-state index < -0.39 is 0 Å². The Hall–Kier alpha value is -1.71. The minimum absolute atomic E-state index is 0.426. The second-order valence-corrected chi connectivity index (χ2v) is 2.19. The highest BCUT2D eigenvalue weighted by Gasteiger charge is 1.96. The zero-order valence-corrected chi connectivity index (χ0v) is 5.73. The van der Waals surface area contributed by atoms with Crippen LogP contribution in [-0.4, -0.2) is 15.2 Å². The molecule has 0 spiro atoms. The van der Waals surface area contributed by atoms with Crippen molar-refractivity contribution < 1.29 is 0 Å². The minimum atomic E-state index is 0.426. The fourth-order valence-electron chi connectivity index (χ4n) is 0.939. The molecule has 0 unspecified atom stereocenters. The van der Waals surface area contributed by atoms with Crippen LogP contribution in [0, 0.1) is 0 Å². The monoisotopic (exact) mass is 146 g/mol. The standard InChI is InChI=1S/C7H6N4/c8-7-6-4-9-2-1-5(6)3-10-11-7/h1-4H,(H2,8,11). The molecule has 0 saturated carbocycles. The van der Waals surface area contributed by atoms with Gasteiger partial charge in [0.25, 0.3) is 0 Å². The van der Waals surface area contributed by atoms with Crippen LogP contribution in [0.2, 0.25) is 0 Å². The second-order valence-electron chi connectivity index (χ2n) is 2.19. The number of pyridine rings is 1. The molecule has 4 heteroatoms. The predicted molar refractivity (Wildman–Crippen MR) is 41.7 cm³/mol. The number of aromatic nitrogens is 3. The number of nitrogens with two attached hydrogens (primary N) is 1. The number of hydrogen-bond donors (Lipinski definition) is 1. The molecule has 0 aromatic carbocycles. The quantitative estimate of drug-likeness (QED) is 0.591. The molecule has 0 atom stereocenters. The van der Waals surface area contributed by atoms with Crippen molar-refractivity contribution >= 4 is 16.6 Å². The largest absolute Gasteiger partial charge is 0.382 e. The van der Waals surface area contributed by atoms with E-state index in [2.05, 4.69) is 15.2 Å². The van der Waals surface area contributed by atoms with Gasteiger partial charge in [-0.1, -0.05) is 0 Å². The van der Waals surface area contributed by atoms with E-state index in [-0.39, 0.29) is 0 Å². The Bertz CT molecular complexity index is 380. The molecule has 2 rings (SSSR count). The third-order valence-electron chi connectivity index (χ3n) is 1.49. The molecule has 0 amide bonds. The van der Waals surface area contributed by atoms with Crippen molar-refractivity contribution in [3.63, 3.8) is 0 Å². The Labute approximate surface area is 63.1 Å². The number of nitrogens with zero attached hydrogens (tertiary/aromatic N) is 3. The van der Waals surface area contributed by atoms with Gasteiger partial charge in [-0.25, -0.2) is 0 Å². The molecule has 0 saturated heterocycles. The predicted octanol–water partition coefficient (Wildman–Crippen LogP) is 0.607. The molecular weight excluding hydrogens is 140 g/mol. The molecule has 2 N–H and O–H groups in total. The van der Waals surface area contributed by atoms with E-state index in [0.717, 1.165) is 10.8 Å². The highest BCUT2D eigenvalue weighted by molar-refractivity contribution is 5.88. The van der Waals surface area contributed by atoms with E-state index in [9.17, 15) is 0 Å². The molecule has 2 aromatic rings. The molecule has 0 radical (unpaired) electrons. The zero-order chi connectivity index (χ0) is 7.68. The summed E-state index contributed by atoms with van der Waals surface area (Å²) in [4.78, 5) is 3.93. The second kappa shape index (κ2) is 2.16. The summed E-state index contributed by atoms with van der Waals surface area (Å²) in [6.45, 7) is 0. The van der Waals surface area contributed by atoms with Crippen molar-refractivity contribution in [1.29, 1.82) is 0 Å². The van der Waals surface area contributed by atoms with Crippen LogP contribution < -0.4 is 5.73 Å². The molecule has 0 aliphatic heterocycles. The average molecular weight is 146 g/mol. The lowest BCUT2D eigenvalue weighted by Crippen LogP contribution is -1.93. The highest BCUT2D eigenvalue weighted by Crippen LogP contribution is 2.13. The van der Waals surface area contributed by atoms with E-state index in [1.165, 1.54) is 0 Å². The maximum atomic E-state index is 5.54. The van der Waals surface area contributed by atoms with Crippen molar-refractivity contribution in [2.75, 3.05) is 5.73 Å². The van der Waals surface area contributed by atoms with Crippen LogP contribution in [0.5, 0.6) is 0 Å².